The maximum absolute atomic E-state index is 11.7. The van der Waals surface area contributed by atoms with Crippen LogP contribution in [0, 0.1) is 0 Å². The van der Waals surface area contributed by atoms with Gasteiger partial charge in [0.25, 0.3) is 0 Å². The number of carbonyl (C=O) groups is 1. The van der Waals surface area contributed by atoms with Crippen LogP contribution in [0.5, 0.6) is 0 Å². The number of carbonyl (C=O) groups excluding carboxylic acids is 1. The van der Waals surface area contributed by atoms with Crippen LogP contribution in [0.2, 0.25) is 0 Å². The van der Waals surface area contributed by atoms with Crippen LogP contribution in [-0.2, 0) is 22.6 Å². The molecule has 9 heteroatoms. The lowest BCUT2D eigenvalue weighted by atomic mass is 10.1. The van der Waals surface area contributed by atoms with Crippen molar-refractivity contribution in [2.45, 2.75) is 20.0 Å². The van der Waals surface area contributed by atoms with E-state index in [9.17, 15) is 4.79 Å². The van der Waals surface area contributed by atoms with E-state index in [1.54, 1.807) is 28.7 Å². The first kappa shape index (κ1) is 19.0. The van der Waals surface area contributed by atoms with Crippen molar-refractivity contribution in [1.82, 2.24) is 29.8 Å². The molecule has 0 fully saturated rings. The van der Waals surface area contributed by atoms with E-state index in [-0.39, 0.29) is 12.5 Å². The van der Waals surface area contributed by atoms with Crippen molar-refractivity contribution in [3.63, 3.8) is 0 Å². The number of fused-ring (bicyclic) bond motifs is 2. The van der Waals surface area contributed by atoms with Crippen molar-refractivity contribution < 1.29 is 9.53 Å². The Morgan fingerprint density at radius 3 is 3.10 bits per heavy atom. The van der Waals surface area contributed by atoms with Gasteiger partial charge in [0.05, 0.1) is 25.0 Å². The number of pyridine rings is 1. The van der Waals surface area contributed by atoms with Crippen LogP contribution >= 0.6 is 0 Å². The van der Waals surface area contributed by atoms with E-state index < -0.39 is 0 Å². The fourth-order valence-electron chi connectivity index (χ4n) is 3.58. The highest BCUT2D eigenvalue weighted by Crippen LogP contribution is 2.24. The van der Waals surface area contributed by atoms with Gasteiger partial charge in [0, 0.05) is 24.0 Å². The zero-order valence-electron chi connectivity index (χ0n) is 17.0. The Morgan fingerprint density at radius 1 is 1.26 bits per heavy atom. The summed E-state index contributed by atoms with van der Waals surface area (Å²) in [6, 6.07) is 10.1. The topological polar surface area (TPSA) is 99.8 Å². The van der Waals surface area contributed by atoms with Gasteiger partial charge in [-0.25, -0.2) is 9.67 Å². The minimum atomic E-state index is -0.321. The van der Waals surface area contributed by atoms with Crippen molar-refractivity contribution in [2.24, 2.45) is 0 Å². The Labute approximate surface area is 178 Å². The summed E-state index contributed by atoms with van der Waals surface area (Å²) in [5.74, 6) is -0.321. The number of nitrogens with one attached hydrogen (secondary N) is 1. The molecule has 9 nitrogen and oxygen atoms in total. The first-order chi connectivity index (χ1) is 15.2. The molecule has 0 aliphatic carbocycles. The third-order valence-electron chi connectivity index (χ3n) is 5.04. The molecule has 0 unspecified atom stereocenters. The van der Waals surface area contributed by atoms with Crippen LogP contribution in [0.1, 0.15) is 18.1 Å². The van der Waals surface area contributed by atoms with Gasteiger partial charge in [-0.15, -0.1) is 5.10 Å². The predicted octanol–water partition coefficient (Wildman–Crippen LogP) is 2.74. The van der Waals surface area contributed by atoms with Crippen LogP contribution < -0.4 is 5.32 Å². The second-order valence-electron chi connectivity index (χ2n) is 7.22. The van der Waals surface area contributed by atoms with Crippen molar-refractivity contribution in [3.8, 4) is 11.3 Å². The number of hydrogen-bond acceptors (Lipinski definition) is 7. The van der Waals surface area contributed by atoms with Crippen LogP contribution in [0.3, 0.4) is 0 Å². The number of ether oxygens (including phenoxy) is 1. The van der Waals surface area contributed by atoms with Crippen LogP contribution in [-0.4, -0.2) is 48.9 Å². The molecule has 156 valence electrons. The summed E-state index contributed by atoms with van der Waals surface area (Å²) in [6.45, 7) is 3.61. The monoisotopic (exact) mass is 415 g/mol. The molecule has 0 saturated carbocycles. The average molecular weight is 415 g/mol. The summed E-state index contributed by atoms with van der Waals surface area (Å²) >= 11 is 0. The lowest BCUT2D eigenvalue weighted by Crippen LogP contribution is -2.13. The fraction of sp³-hybridized carbons (Fsp3) is 0.227. The second kappa shape index (κ2) is 8.02. The van der Waals surface area contributed by atoms with E-state index in [2.05, 4.69) is 51.1 Å². The Morgan fingerprint density at radius 2 is 2.19 bits per heavy atom. The van der Waals surface area contributed by atoms with Crippen molar-refractivity contribution >= 4 is 28.9 Å². The molecule has 1 aromatic carbocycles. The second-order valence-corrected chi connectivity index (χ2v) is 7.22. The summed E-state index contributed by atoms with van der Waals surface area (Å²) in [5.41, 5.74) is 6.39. The molecule has 1 aliphatic heterocycles. The van der Waals surface area contributed by atoms with E-state index in [0.717, 1.165) is 40.1 Å². The summed E-state index contributed by atoms with van der Waals surface area (Å²) in [7, 11) is 0. The van der Waals surface area contributed by atoms with Gasteiger partial charge in [0.2, 0.25) is 0 Å². The Hall–Kier alpha value is -4.01. The first-order valence-electron chi connectivity index (χ1n) is 10.1. The van der Waals surface area contributed by atoms with Crippen molar-refractivity contribution in [1.29, 1.82) is 0 Å². The number of benzene rings is 1. The SMILES string of the molecule is CCOC(=O)Cn1cc(-c2ccc3nnn(Cc4ccc5c(c4)C=CCN5)c3n2)cn1. The van der Waals surface area contributed by atoms with Crippen LogP contribution in [0.25, 0.3) is 28.5 Å². The van der Waals surface area contributed by atoms with E-state index in [1.807, 2.05) is 12.1 Å². The lowest BCUT2D eigenvalue weighted by molar-refractivity contribution is -0.144. The largest absolute Gasteiger partial charge is 0.465 e. The lowest BCUT2D eigenvalue weighted by Gasteiger charge is -2.14. The van der Waals surface area contributed by atoms with Gasteiger partial charge in [-0.3, -0.25) is 9.48 Å². The molecule has 1 N–H and O–H groups in total. The van der Waals surface area contributed by atoms with Gasteiger partial charge >= 0.3 is 5.97 Å². The fourth-order valence-corrected chi connectivity index (χ4v) is 3.58. The summed E-state index contributed by atoms with van der Waals surface area (Å²) in [4.78, 5) is 16.4. The number of rotatable bonds is 6. The maximum Gasteiger partial charge on any atom is 0.327 e. The molecule has 4 heterocycles. The molecular formula is C22H21N7O2. The summed E-state index contributed by atoms with van der Waals surface area (Å²) < 4.78 is 8.31. The van der Waals surface area contributed by atoms with E-state index in [4.69, 9.17) is 9.72 Å². The molecule has 3 aromatic heterocycles. The van der Waals surface area contributed by atoms with Gasteiger partial charge in [-0.2, -0.15) is 5.10 Å². The zero-order chi connectivity index (χ0) is 21.2. The van der Waals surface area contributed by atoms with Crippen LogP contribution in [0.4, 0.5) is 5.69 Å². The number of nitrogens with zero attached hydrogens (tertiary/aromatic N) is 6. The van der Waals surface area contributed by atoms with E-state index in [0.29, 0.717) is 18.8 Å². The molecule has 31 heavy (non-hydrogen) atoms. The molecule has 0 atom stereocenters. The van der Waals surface area contributed by atoms with E-state index >= 15 is 0 Å². The molecule has 0 spiro atoms. The van der Waals surface area contributed by atoms with Gasteiger partial charge in [-0.05, 0) is 42.3 Å². The number of aromatic nitrogens is 6. The molecule has 0 radical (unpaired) electrons. The molecule has 0 bridgehead atoms. The minimum Gasteiger partial charge on any atom is -0.465 e. The molecule has 5 rings (SSSR count). The van der Waals surface area contributed by atoms with Gasteiger partial charge in [0.1, 0.15) is 12.1 Å². The van der Waals surface area contributed by atoms with Gasteiger partial charge < -0.3 is 10.1 Å². The number of esters is 1. The normalized spacial score (nSPS) is 12.5. The highest BCUT2D eigenvalue weighted by atomic mass is 16.5. The van der Waals surface area contributed by atoms with Gasteiger partial charge in [-0.1, -0.05) is 23.4 Å². The average Bonchev–Trinajstić information content (AvgIpc) is 3.41. The molecule has 1 aliphatic rings. The highest BCUT2D eigenvalue weighted by Gasteiger charge is 2.12. The molecule has 0 saturated heterocycles. The Balaban J connectivity index is 1.41. The summed E-state index contributed by atoms with van der Waals surface area (Å²) in [6.07, 6.45) is 7.69. The van der Waals surface area contributed by atoms with E-state index in [1.165, 1.54) is 0 Å². The molecule has 4 aromatic rings. The summed E-state index contributed by atoms with van der Waals surface area (Å²) in [5, 5.41) is 16.1. The van der Waals surface area contributed by atoms with Crippen molar-refractivity contribution in [2.75, 3.05) is 18.5 Å². The van der Waals surface area contributed by atoms with Gasteiger partial charge in [0.15, 0.2) is 5.65 Å². The number of anilines is 1. The quantitative estimate of drug-likeness (QED) is 0.483. The van der Waals surface area contributed by atoms with Crippen LogP contribution in [0.15, 0.2) is 48.8 Å². The third kappa shape index (κ3) is 3.89. The highest BCUT2D eigenvalue weighted by molar-refractivity contribution is 5.75. The maximum atomic E-state index is 11.7. The zero-order valence-corrected chi connectivity index (χ0v) is 17.0. The molecule has 0 amide bonds. The standard InChI is InChI=1S/C22H21N7O2/c1-2-31-21(30)14-28-13-17(11-24-28)19-7-8-20-22(25-19)29(27-26-20)12-15-5-6-18-16(10-15)4-3-9-23-18/h3-8,10-11,13,23H,2,9,12,14H2,1H3. The van der Waals surface area contributed by atoms with Crippen molar-refractivity contribution in [3.05, 3.63) is 59.9 Å². The molecular weight excluding hydrogens is 394 g/mol. The minimum absolute atomic E-state index is 0.0667. The smallest absolute Gasteiger partial charge is 0.327 e. The predicted molar refractivity (Wildman–Crippen MR) is 116 cm³/mol. The third-order valence-corrected chi connectivity index (χ3v) is 5.04. The number of hydrogen-bond donors (Lipinski definition) is 1. The Bertz CT molecular complexity index is 1290. The first-order valence-corrected chi connectivity index (χ1v) is 10.1. The Kier molecular flexibility index (Phi) is 4.91.